The van der Waals surface area contributed by atoms with Crippen LogP contribution in [-0.4, -0.2) is 10.9 Å². The maximum absolute atomic E-state index is 12.9. The molecule has 1 aromatic carbocycles. The molecule has 0 heterocycles. The second-order valence-corrected chi connectivity index (χ2v) is 5.89. The van der Waals surface area contributed by atoms with Crippen LogP contribution in [0.15, 0.2) is 18.2 Å². The summed E-state index contributed by atoms with van der Waals surface area (Å²) in [7, 11) is 0. The molecule has 2 rings (SSSR count). The molecule has 0 unspecified atom stereocenters. The third kappa shape index (κ3) is 2.58. The molecule has 102 valence electrons. The van der Waals surface area contributed by atoms with E-state index >= 15 is 0 Å². The summed E-state index contributed by atoms with van der Waals surface area (Å²) in [5.74, 6) is -0.313. The van der Waals surface area contributed by atoms with Crippen LogP contribution >= 0.6 is 23.8 Å². The molecule has 1 aliphatic rings. The van der Waals surface area contributed by atoms with E-state index in [1.807, 2.05) is 6.92 Å². The number of carbonyl (C=O) groups excluding carboxylic acids is 1. The third-order valence-electron chi connectivity index (χ3n) is 3.48. The van der Waals surface area contributed by atoms with E-state index in [9.17, 15) is 9.18 Å². The van der Waals surface area contributed by atoms with Gasteiger partial charge in [0.2, 0.25) is 5.91 Å². The lowest BCUT2D eigenvalue weighted by Gasteiger charge is -2.44. The van der Waals surface area contributed by atoms with Crippen molar-refractivity contribution in [3.05, 3.63) is 29.0 Å². The minimum atomic E-state index is -0.799. The molecular weight excluding hydrogens is 287 g/mol. The standard InChI is InChI=1S/C13H14ClFN2OS/c1-7-5-13(6-7,11(16)19)12(18)17-10-3-2-8(15)4-9(10)14/h2-4,7H,5-6H2,1H3,(H2,16,19)(H,17,18). The molecule has 0 atom stereocenters. The van der Waals surface area contributed by atoms with Gasteiger partial charge in [-0.1, -0.05) is 30.7 Å². The molecule has 0 saturated heterocycles. The van der Waals surface area contributed by atoms with Crippen LogP contribution in [0.1, 0.15) is 19.8 Å². The number of carbonyl (C=O) groups is 1. The monoisotopic (exact) mass is 300 g/mol. The van der Waals surface area contributed by atoms with Crippen LogP contribution in [0, 0.1) is 17.2 Å². The maximum atomic E-state index is 12.9. The second kappa shape index (κ2) is 5.06. The highest BCUT2D eigenvalue weighted by Gasteiger charge is 2.50. The summed E-state index contributed by atoms with van der Waals surface area (Å²) in [5, 5.41) is 2.83. The zero-order valence-electron chi connectivity index (χ0n) is 10.4. The van der Waals surface area contributed by atoms with Crippen LogP contribution < -0.4 is 11.1 Å². The molecule has 0 spiro atoms. The Balaban J connectivity index is 2.19. The number of thiocarbonyl (C=S) groups is 1. The van der Waals surface area contributed by atoms with Gasteiger partial charge < -0.3 is 11.1 Å². The van der Waals surface area contributed by atoms with Gasteiger partial charge in [-0.2, -0.15) is 0 Å². The smallest absolute Gasteiger partial charge is 0.237 e. The Kier molecular flexibility index (Phi) is 3.78. The van der Waals surface area contributed by atoms with Gasteiger partial charge in [0.15, 0.2) is 0 Å². The Morgan fingerprint density at radius 2 is 2.21 bits per heavy atom. The first-order chi connectivity index (χ1) is 8.85. The SMILES string of the molecule is CC1CC(C(=O)Nc2ccc(F)cc2Cl)(C(N)=S)C1. The first-order valence-electron chi connectivity index (χ1n) is 5.91. The van der Waals surface area contributed by atoms with E-state index in [-0.39, 0.29) is 15.9 Å². The molecule has 1 fully saturated rings. The first kappa shape index (κ1) is 14.2. The van der Waals surface area contributed by atoms with Gasteiger partial charge in [-0.05, 0) is 37.0 Å². The van der Waals surface area contributed by atoms with Crippen molar-refractivity contribution in [1.29, 1.82) is 0 Å². The molecule has 3 nitrogen and oxygen atoms in total. The van der Waals surface area contributed by atoms with Gasteiger partial charge in [0.25, 0.3) is 0 Å². The maximum Gasteiger partial charge on any atom is 0.237 e. The summed E-state index contributed by atoms with van der Waals surface area (Å²) in [6, 6.07) is 3.80. The molecule has 19 heavy (non-hydrogen) atoms. The number of hydrogen-bond acceptors (Lipinski definition) is 2. The van der Waals surface area contributed by atoms with Crippen molar-refractivity contribution >= 4 is 40.4 Å². The van der Waals surface area contributed by atoms with E-state index in [0.29, 0.717) is 24.4 Å². The normalized spacial score (nSPS) is 25.5. The van der Waals surface area contributed by atoms with Gasteiger partial charge in [-0.3, -0.25) is 4.79 Å². The molecule has 6 heteroatoms. The average molecular weight is 301 g/mol. The molecule has 0 bridgehead atoms. The molecular formula is C13H14ClFN2OS. The van der Waals surface area contributed by atoms with Gasteiger partial charge in [-0.15, -0.1) is 0 Å². The van der Waals surface area contributed by atoms with Crippen LogP contribution in [0.4, 0.5) is 10.1 Å². The molecule has 1 aromatic rings. The predicted octanol–water partition coefficient (Wildman–Crippen LogP) is 3.12. The number of amides is 1. The molecule has 0 radical (unpaired) electrons. The number of hydrogen-bond donors (Lipinski definition) is 2. The van der Waals surface area contributed by atoms with E-state index < -0.39 is 11.2 Å². The average Bonchev–Trinajstić information content (AvgIpc) is 2.27. The zero-order chi connectivity index (χ0) is 14.2. The minimum Gasteiger partial charge on any atom is -0.392 e. The molecule has 1 amide bonds. The summed E-state index contributed by atoms with van der Waals surface area (Å²) in [6.07, 6.45) is 1.26. The Labute approximate surface area is 121 Å². The van der Waals surface area contributed by atoms with Crippen molar-refractivity contribution in [3.63, 3.8) is 0 Å². The fourth-order valence-electron chi connectivity index (χ4n) is 2.46. The van der Waals surface area contributed by atoms with Gasteiger partial charge in [0.05, 0.1) is 21.1 Å². The second-order valence-electron chi connectivity index (χ2n) is 5.04. The summed E-state index contributed by atoms with van der Waals surface area (Å²) in [5.41, 5.74) is 5.25. The molecule has 0 aromatic heterocycles. The quantitative estimate of drug-likeness (QED) is 0.843. The highest BCUT2D eigenvalue weighted by molar-refractivity contribution is 7.80. The molecule has 0 aliphatic heterocycles. The number of rotatable bonds is 3. The van der Waals surface area contributed by atoms with Crippen LogP contribution in [0.5, 0.6) is 0 Å². The molecule has 1 saturated carbocycles. The Hall–Kier alpha value is -1.20. The predicted molar refractivity (Wildman–Crippen MR) is 77.7 cm³/mol. The Morgan fingerprint density at radius 1 is 1.58 bits per heavy atom. The van der Waals surface area contributed by atoms with Crippen molar-refractivity contribution in [2.75, 3.05) is 5.32 Å². The van der Waals surface area contributed by atoms with E-state index in [4.69, 9.17) is 29.6 Å². The fraction of sp³-hybridized carbons (Fsp3) is 0.385. The number of nitrogens with one attached hydrogen (secondary N) is 1. The third-order valence-corrected chi connectivity index (χ3v) is 4.18. The van der Waals surface area contributed by atoms with Crippen molar-refractivity contribution in [3.8, 4) is 0 Å². The number of halogens is 2. The number of benzene rings is 1. The van der Waals surface area contributed by atoms with Crippen LogP contribution in [0.2, 0.25) is 5.02 Å². The summed E-state index contributed by atoms with van der Waals surface area (Å²) < 4.78 is 12.9. The minimum absolute atomic E-state index is 0.152. The van der Waals surface area contributed by atoms with Gasteiger partial charge in [0.1, 0.15) is 5.82 Å². The van der Waals surface area contributed by atoms with Crippen LogP contribution in [0.25, 0.3) is 0 Å². The highest BCUT2D eigenvalue weighted by atomic mass is 35.5. The number of anilines is 1. The van der Waals surface area contributed by atoms with E-state index in [1.165, 1.54) is 12.1 Å². The van der Waals surface area contributed by atoms with Crippen molar-refractivity contribution < 1.29 is 9.18 Å². The summed E-state index contributed by atoms with van der Waals surface area (Å²) in [4.78, 5) is 12.5. The van der Waals surface area contributed by atoms with E-state index in [0.717, 1.165) is 6.07 Å². The van der Waals surface area contributed by atoms with Gasteiger partial charge in [-0.25, -0.2) is 4.39 Å². The molecule has 1 aliphatic carbocycles. The van der Waals surface area contributed by atoms with Gasteiger partial charge >= 0.3 is 0 Å². The van der Waals surface area contributed by atoms with Crippen molar-refractivity contribution in [1.82, 2.24) is 0 Å². The van der Waals surface area contributed by atoms with E-state index in [2.05, 4.69) is 5.32 Å². The van der Waals surface area contributed by atoms with E-state index in [1.54, 1.807) is 0 Å². The summed E-state index contributed by atoms with van der Waals surface area (Å²) >= 11 is 10.9. The zero-order valence-corrected chi connectivity index (χ0v) is 11.9. The molecule has 3 N–H and O–H groups in total. The number of nitrogens with two attached hydrogens (primary N) is 1. The lowest BCUT2D eigenvalue weighted by atomic mass is 9.62. The van der Waals surface area contributed by atoms with Crippen LogP contribution in [0.3, 0.4) is 0 Å². The lowest BCUT2D eigenvalue weighted by molar-refractivity contribution is -0.127. The van der Waals surface area contributed by atoms with Gasteiger partial charge in [0, 0.05) is 0 Å². The summed E-state index contributed by atoms with van der Waals surface area (Å²) in [6.45, 7) is 2.04. The van der Waals surface area contributed by atoms with Crippen molar-refractivity contribution in [2.24, 2.45) is 17.1 Å². The fourth-order valence-corrected chi connectivity index (χ4v) is 2.94. The Morgan fingerprint density at radius 3 is 2.68 bits per heavy atom. The topological polar surface area (TPSA) is 55.1 Å². The highest BCUT2D eigenvalue weighted by Crippen LogP contribution is 2.46. The largest absolute Gasteiger partial charge is 0.392 e. The lowest BCUT2D eigenvalue weighted by Crippen LogP contribution is -2.53. The first-order valence-corrected chi connectivity index (χ1v) is 6.70. The van der Waals surface area contributed by atoms with Crippen LogP contribution in [-0.2, 0) is 4.79 Å². The Bertz CT molecular complexity index is 543. The van der Waals surface area contributed by atoms with Crippen molar-refractivity contribution in [2.45, 2.75) is 19.8 Å².